The Hall–Kier alpha value is -3.76. The smallest absolute Gasteiger partial charge is 0.250 e. The van der Waals surface area contributed by atoms with Gasteiger partial charge >= 0.3 is 0 Å². The standard InChI is InChI=1S/C23H20ClN5O5/c1-9-6-12-18(13(24)7-9)27-22(34)23(12)17-16(14(28-23)8-15(25)30)20(32)29(21(17)33)11-4-2-10(3-5-11)19(26)31/h2-7,14,16-17,28H,8H2,1H3,(H2,25,30)(H2,26,31)(H,27,34)/t14-,16+,17-,23-/m0/s1. The van der Waals surface area contributed by atoms with Crippen LogP contribution in [0.25, 0.3) is 0 Å². The van der Waals surface area contributed by atoms with Crippen molar-refractivity contribution in [1.29, 1.82) is 0 Å². The van der Waals surface area contributed by atoms with Gasteiger partial charge in [-0.3, -0.25) is 29.3 Å². The second-order valence-corrected chi connectivity index (χ2v) is 9.19. The first-order valence-electron chi connectivity index (χ1n) is 10.5. The molecule has 3 aliphatic rings. The normalized spacial score (nSPS) is 27.2. The first-order chi connectivity index (χ1) is 16.1. The van der Waals surface area contributed by atoms with Crippen molar-refractivity contribution >= 4 is 52.5 Å². The maximum absolute atomic E-state index is 13.8. The monoisotopic (exact) mass is 481 g/mol. The first kappa shape index (κ1) is 22.1. The zero-order valence-electron chi connectivity index (χ0n) is 17.9. The van der Waals surface area contributed by atoms with E-state index in [-0.39, 0.29) is 17.7 Å². The summed E-state index contributed by atoms with van der Waals surface area (Å²) >= 11 is 6.38. The van der Waals surface area contributed by atoms with Crippen LogP contribution in [0.4, 0.5) is 11.4 Å². The van der Waals surface area contributed by atoms with E-state index in [1.165, 1.54) is 24.3 Å². The van der Waals surface area contributed by atoms with Crippen molar-refractivity contribution in [2.45, 2.75) is 24.9 Å². The fourth-order valence-electron chi connectivity index (χ4n) is 5.41. The summed E-state index contributed by atoms with van der Waals surface area (Å²) in [7, 11) is 0. The summed E-state index contributed by atoms with van der Waals surface area (Å²) in [6.07, 6.45) is -0.251. The molecule has 6 N–H and O–H groups in total. The molecule has 2 saturated heterocycles. The predicted octanol–water partition coefficient (Wildman–Crippen LogP) is 0.548. The number of nitrogens with one attached hydrogen (secondary N) is 2. The van der Waals surface area contributed by atoms with Gasteiger partial charge in [0.2, 0.25) is 29.5 Å². The average molecular weight is 482 g/mol. The molecule has 5 rings (SSSR count). The van der Waals surface area contributed by atoms with Crippen LogP contribution >= 0.6 is 11.6 Å². The molecule has 4 atom stereocenters. The fraction of sp³-hybridized carbons (Fsp3) is 0.261. The number of anilines is 2. The number of primary amides is 2. The molecule has 3 heterocycles. The number of carbonyl (C=O) groups is 5. The fourth-order valence-corrected chi connectivity index (χ4v) is 5.74. The minimum absolute atomic E-state index is 0.210. The number of aryl methyl sites for hydroxylation is 1. The van der Waals surface area contributed by atoms with Gasteiger partial charge in [0, 0.05) is 23.6 Å². The van der Waals surface area contributed by atoms with Crippen LogP contribution in [0.15, 0.2) is 36.4 Å². The van der Waals surface area contributed by atoms with Gasteiger partial charge in [0.05, 0.1) is 28.2 Å². The number of halogens is 1. The maximum atomic E-state index is 13.8. The van der Waals surface area contributed by atoms with Crippen molar-refractivity contribution in [3.05, 3.63) is 58.1 Å². The van der Waals surface area contributed by atoms with E-state index in [9.17, 15) is 24.0 Å². The quantitative estimate of drug-likeness (QED) is 0.465. The topological polar surface area (TPSA) is 165 Å². The molecule has 1 spiro atoms. The van der Waals surface area contributed by atoms with Crippen molar-refractivity contribution in [2.24, 2.45) is 23.3 Å². The van der Waals surface area contributed by atoms with Gasteiger partial charge in [0.15, 0.2) is 0 Å². The van der Waals surface area contributed by atoms with E-state index < -0.39 is 53.0 Å². The molecule has 0 aliphatic carbocycles. The number of amides is 5. The zero-order valence-corrected chi connectivity index (χ0v) is 18.7. The van der Waals surface area contributed by atoms with Crippen LogP contribution in [0.5, 0.6) is 0 Å². The Morgan fingerprint density at radius 3 is 2.38 bits per heavy atom. The number of imide groups is 1. The predicted molar refractivity (Wildman–Crippen MR) is 122 cm³/mol. The Balaban J connectivity index is 1.66. The van der Waals surface area contributed by atoms with Gasteiger partial charge in [-0.15, -0.1) is 0 Å². The lowest BCUT2D eigenvalue weighted by Crippen LogP contribution is -2.53. The molecule has 2 aromatic carbocycles. The number of fused-ring (bicyclic) bond motifs is 4. The summed E-state index contributed by atoms with van der Waals surface area (Å²) in [6.45, 7) is 1.80. The highest BCUT2D eigenvalue weighted by Gasteiger charge is 2.71. The SMILES string of the molecule is Cc1cc(Cl)c2c(c1)[C@@]1(N[C@@H](CC(N)=O)[C@H]3C(=O)N(c4ccc(C(N)=O)cc4)C(=O)[C@H]31)C(=O)N2. The third-order valence-electron chi connectivity index (χ3n) is 6.75. The minimum Gasteiger partial charge on any atom is -0.370 e. The molecule has 0 bridgehead atoms. The number of nitrogens with two attached hydrogens (primary N) is 2. The molecule has 11 heteroatoms. The van der Waals surface area contributed by atoms with Crippen molar-refractivity contribution in [3.63, 3.8) is 0 Å². The molecule has 0 aromatic heterocycles. The molecular formula is C23H20ClN5O5. The molecule has 0 unspecified atom stereocenters. The number of carbonyl (C=O) groups excluding carboxylic acids is 5. The van der Waals surface area contributed by atoms with E-state index in [0.29, 0.717) is 16.3 Å². The van der Waals surface area contributed by atoms with E-state index in [4.69, 9.17) is 23.1 Å². The molecule has 3 aliphatic heterocycles. The van der Waals surface area contributed by atoms with Crippen LogP contribution in [-0.4, -0.2) is 35.6 Å². The van der Waals surface area contributed by atoms with Gasteiger partial charge in [-0.2, -0.15) is 0 Å². The van der Waals surface area contributed by atoms with Crippen LogP contribution in [-0.2, 0) is 24.7 Å². The highest BCUT2D eigenvalue weighted by Crippen LogP contribution is 2.55. The molecule has 10 nitrogen and oxygen atoms in total. The number of hydrogen-bond donors (Lipinski definition) is 4. The van der Waals surface area contributed by atoms with E-state index in [0.717, 1.165) is 10.5 Å². The highest BCUT2D eigenvalue weighted by molar-refractivity contribution is 6.35. The van der Waals surface area contributed by atoms with Crippen LogP contribution < -0.4 is 27.0 Å². The third kappa shape index (κ3) is 2.88. The Morgan fingerprint density at radius 1 is 1.09 bits per heavy atom. The second kappa shape index (κ2) is 7.37. The lowest BCUT2D eigenvalue weighted by atomic mass is 9.76. The Labute approximate surface area is 198 Å². The lowest BCUT2D eigenvalue weighted by molar-refractivity contribution is -0.130. The van der Waals surface area contributed by atoms with Crippen LogP contribution in [0.1, 0.15) is 27.9 Å². The number of rotatable bonds is 4. The summed E-state index contributed by atoms with van der Waals surface area (Å²) in [5.41, 5.74) is 11.1. The first-order valence-corrected chi connectivity index (χ1v) is 10.9. The molecular weight excluding hydrogens is 462 g/mol. The van der Waals surface area contributed by atoms with E-state index in [1.54, 1.807) is 19.1 Å². The summed E-state index contributed by atoms with van der Waals surface area (Å²) in [4.78, 5) is 65.0. The molecule has 2 fully saturated rings. The summed E-state index contributed by atoms with van der Waals surface area (Å²) in [5.74, 6) is -5.22. The molecule has 174 valence electrons. The van der Waals surface area contributed by atoms with Crippen LogP contribution in [0, 0.1) is 18.8 Å². The zero-order chi connectivity index (χ0) is 24.5. The largest absolute Gasteiger partial charge is 0.370 e. The Morgan fingerprint density at radius 2 is 1.76 bits per heavy atom. The second-order valence-electron chi connectivity index (χ2n) is 8.78. The van der Waals surface area contributed by atoms with Gasteiger partial charge in [0.25, 0.3) is 0 Å². The molecule has 5 amide bonds. The summed E-state index contributed by atoms with van der Waals surface area (Å²) < 4.78 is 0. The molecule has 0 saturated carbocycles. The van der Waals surface area contributed by atoms with Gasteiger partial charge in [0.1, 0.15) is 5.54 Å². The number of nitrogens with zero attached hydrogens (tertiary/aromatic N) is 1. The highest BCUT2D eigenvalue weighted by atomic mass is 35.5. The third-order valence-corrected chi connectivity index (χ3v) is 7.05. The van der Waals surface area contributed by atoms with Gasteiger partial charge in [-0.05, 0) is 42.8 Å². The van der Waals surface area contributed by atoms with Gasteiger partial charge in [-0.25, -0.2) is 4.90 Å². The van der Waals surface area contributed by atoms with Crippen LogP contribution in [0.3, 0.4) is 0 Å². The van der Waals surface area contributed by atoms with Crippen molar-refractivity contribution in [2.75, 3.05) is 10.2 Å². The van der Waals surface area contributed by atoms with E-state index in [1.807, 2.05) is 0 Å². The Bertz CT molecular complexity index is 1310. The molecule has 34 heavy (non-hydrogen) atoms. The number of benzene rings is 2. The van der Waals surface area contributed by atoms with Crippen molar-refractivity contribution in [3.8, 4) is 0 Å². The number of hydrogen-bond acceptors (Lipinski definition) is 6. The summed E-state index contributed by atoms with van der Waals surface area (Å²) in [6, 6.07) is 8.24. The Kier molecular flexibility index (Phi) is 4.78. The molecule has 0 radical (unpaired) electrons. The lowest BCUT2D eigenvalue weighted by Gasteiger charge is -2.29. The van der Waals surface area contributed by atoms with Gasteiger partial charge < -0.3 is 16.8 Å². The van der Waals surface area contributed by atoms with E-state index in [2.05, 4.69) is 10.6 Å². The summed E-state index contributed by atoms with van der Waals surface area (Å²) in [5, 5.41) is 6.15. The van der Waals surface area contributed by atoms with E-state index >= 15 is 0 Å². The van der Waals surface area contributed by atoms with Crippen LogP contribution in [0.2, 0.25) is 5.02 Å². The minimum atomic E-state index is -1.61. The van der Waals surface area contributed by atoms with Crippen molar-refractivity contribution < 1.29 is 24.0 Å². The average Bonchev–Trinajstić information content (AvgIpc) is 3.33. The molecule has 2 aromatic rings. The van der Waals surface area contributed by atoms with Crippen molar-refractivity contribution in [1.82, 2.24) is 5.32 Å². The van der Waals surface area contributed by atoms with Gasteiger partial charge in [-0.1, -0.05) is 17.7 Å². The maximum Gasteiger partial charge on any atom is 0.250 e.